The molecule has 216 valence electrons. The first-order valence-corrected chi connectivity index (χ1v) is 15.5. The number of fused-ring (bicyclic) bond motifs is 2. The number of alkyl carbamates (subject to hydrolysis) is 1. The van der Waals surface area contributed by atoms with Crippen LogP contribution in [0.4, 0.5) is 10.5 Å². The van der Waals surface area contributed by atoms with Crippen molar-refractivity contribution in [1.29, 1.82) is 0 Å². The van der Waals surface area contributed by atoms with Crippen molar-refractivity contribution in [2.75, 3.05) is 26.1 Å². The molecule has 0 saturated heterocycles. The standard InChI is InChI=1S/C30H35N5O5S/c1-31-41(37,38)28-12-23-26(35-30(36)40-17-18-6-4-3-5-7-18)13-27(34-20-10-21(39-2)15-32-14-20)29(23)24-16-33-25(11-22(24)28)19-8-9-19/h3-6,10-12,14-16,18-19,22,24,26-27,31,34H,7-9,13,17H2,1-2H3,(H,35,36)/t18-,22?,24?,26-,27-/m0/s1. The second-order valence-electron chi connectivity index (χ2n) is 11.0. The predicted molar refractivity (Wildman–Crippen MR) is 157 cm³/mol. The molecule has 0 spiro atoms. The Morgan fingerprint density at radius 2 is 2.00 bits per heavy atom. The molecule has 4 aliphatic carbocycles. The van der Waals surface area contributed by atoms with E-state index in [9.17, 15) is 13.2 Å². The van der Waals surface area contributed by atoms with Gasteiger partial charge in [-0.15, -0.1) is 0 Å². The summed E-state index contributed by atoms with van der Waals surface area (Å²) in [5.74, 6) is 0.470. The summed E-state index contributed by atoms with van der Waals surface area (Å²) in [7, 11) is -0.743. The minimum atomic E-state index is -3.76. The van der Waals surface area contributed by atoms with Gasteiger partial charge in [-0.05, 0) is 50.0 Å². The minimum absolute atomic E-state index is 0.132. The van der Waals surface area contributed by atoms with Crippen molar-refractivity contribution in [3.05, 3.63) is 76.7 Å². The average molecular weight is 578 g/mol. The fraction of sp³-hybridized carbons (Fsp3) is 0.433. The van der Waals surface area contributed by atoms with Gasteiger partial charge in [0.05, 0.1) is 48.8 Å². The molecule has 0 radical (unpaired) electrons. The Kier molecular flexibility index (Phi) is 7.56. The van der Waals surface area contributed by atoms with Crippen molar-refractivity contribution in [1.82, 2.24) is 15.0 Å². The van der Waals surface area contributed by atoms with E-state index in [2.05, 4.69) is 20.3 Å². The number of hydrogen-bond donors (Lipinski definition) is 3. The van der Waals surface area contributed by atoms with E-state index in [4.69, 9.17) is 14.5 Å². The van der Waals surface area contributed by atoms with E-state index in [1.54, 1.807) is 25.6 Å². The first kappa shape index (κ1) is 27.5. The molecule has 6 rings (SSSR count). The van der Waals surface area contributed by atoms with Crippen LogP contribution in [0.25, 0.3) is 0 Å². The van der Waals surface area contributed by atoms with Crippen molar-refractivity contribution < 1.29 is 22.7 Å². The molecule has 2 heterocycles. The van der Waals surface area contributed by atoms with Crippen LogP contribution in [0.15, 0.2) is 81.7 Å². The van der Waals surface area contributed by atoms with Gasteiger partial charge in [-0.3, -0.25) is 9.98 Å². The third-order valence-electron chi connectivity index (χ3n) is 8.32. The predicted octanol–water partition coefficient (Wildman–Crippen LogP) is 3.86. The number of anilines is 1. The number of nitrogens with zero attached hydrogens (tertiary/aromatic N) is 2. The fourth-order valence-electron chi connectivity index (χ4n) is 6.07. The highest BCUT2D eigenvalue weighted by Crippen LogP contribution is 2.49. The number of hydrogen-bond acceptors (Lipinski definition) is 8. The summed E-state index contributed by atoms with van der Waals surface area (Å²) < 4.78 is 40.1. The first-order chi connectivity index (χ1) is 19.9. The van der Waals surface area contributed by atoms with Gasteiger partial charge in [-0.2, -0.15) is 0 Å². The van der Waals surface area contributed by atoms with Crippen LogP contribution >= 0.6 is 0 Å². The van der Waals surface area contributed by atoms with Crippen molar-refractivity contribution in [3.63, 3.8) is 0 Å². The van der Waals surface area contributed by atoms with Crippen LogP contribution in [0, 0.1) is 23.7 Å². The molecule has 10 nitrogen and oxygen atoms in total. The lowest BCUT2D eigenvalue weighted by Crippen LogP contribution is -2.38. The van der Waals surface area contributed by atoms with Gasteiger partial charge in [0.25, 0.3) is 0 Å². The van der Waals surface area contributed by atoms with Gasteiger partial charge >= 0.3 is 6.09 Å². The maximum Gasteiger partial charge on any atom is 0.407 e. The third kappa shape index (κ3) is 5.73. The normalized spacial score (nSPS) is 28.4. The van der Waals surface area contributed by atoms with Gasteiger partial charge in [0, 0.05) is 41.6 Å². The average Bonchev–Trinajstić information content (AvgIpc) is 3.79. The summed E-state index contributed by atoms with van der Waals surface area (Å²) in [4.78, 5) is 22.3. The summed E-state index contributed by atoms with van der Waals surface area (Å²) >= 11 is 0. The highest BCUT2D eigenvalue weighted by molar-refractivity contribution is 7.93. The molecule has 3 N–H and O–H groups in total. The molecule has 1 aromatic rings. The number of allylic oxidation sites excluding steroid dienone is 6. The molecule has 0 bridgehead atoms. The van der Waals surface area contributed by atoms with E-state index in [1.165, 1.54) is 7.05 Å². The van der Waals surface area contributed by atoms with Crippen LogP contribution in [0.1, 0.15) is 25.7 Å². The number of nitrogens with one attached hydrogen (secondary N) is 3. The van der Waals surface area contributed by atoms with Crippen molar-refractivity contribution in [2.24, 2.45) is 28.7 Å². The second-order valence-corrected chi connectivity index (χ2v) is 12.9. The van der Waals surface area contributed by atoms with Crippen LogP contribution in [-0.4, -0.2) is 58.6 Å². The largest absolute Gasteiger partial charge is 0.495 e. The Bertz CT molecular complexity index is 1500. The number of rotatable bonds is 9. The second kappa shape index (κ2) is 11.3. The van der Waals surface area contributed by atoms with Crippen LogP contribution in [0.2, 0.25) is 0 Å². The quantitative estimate of drug-likeness (QED) is 0.406. The molecule has 2 unspecified atom stereocenters. The molecule has 1 saturated carbocycles. The highest BCUT2D eigenvalue weighted by Gasteiger charge is 2.47. The molecular weight excluding hydrogens is 542 g/mol. The number of methoxy groups -OCH3 is 1. The smallest absolute Gasteiger partial charge is 0.407 e. The maximum absolute atomic E-state index is 13.3. The number of pyridine rings is 1. The molecule has 1 aliphatic heterocycles. The number of aliphatic imine (C=N–C) groups is 1. The number of ether oxygens (including phenoxy) is 2. The van der Waals surface area contributed by atoms with Gasteiger partial charge in [-0.25, -0.2) is 17.9 Å². The molecule has 5 atom stereocenters. The zero-order valence-electron chi connectivity index (χ0n) is 23.1. The number of carbonyl (C=O) groups is 1. The van der Waals surface area contributed by atoms with Crippen LogP contribution in [-0.2, 0) is 14.8 Å². The molecule has 11 heteroatoms. The lowest BCUT2D eigenvalue weighted by atomic mass is 9.77. The van der Waals surface area contributed by atoms with Gasteiger partial charge in [0.1, 0.15) is 5.75 Å². The molecule has 41 heavy (non-hydrogen) atoms. The van der Waals surface area contributed by atoms with Crippen molar-refractivity contribution in [3.8, 4) is 5.75 Å². The molecule has 1 aromatic heterocycles. The summed E-state index contributed by atoms with van der Waals surface area (Å²) in [5, 5.41) is 6.58. The van der Waals surface area contributed by atoms with E-state index in [0.717, 1.165) is 41.8 Å². The van der Waals surface area contributed by atoms with Gasteiger partial charge in [0.2, 0.25) is 10.0 Å². The van der Waals surface area contributed by atoms with E-state index in [0.29, 0.717) is 18.1 Å². The summed E-state index contributed by atoms with van der Waals surface area (Å²) in [6, 6.07) is 1.20. The lowest BCUT2D eigenvalue weighted by Gasteiger charge is -2.35. The summed E-state index contributed by atoms with van der Waals surface area (Å²) in [6.45, 7) is 0.268. The Morgan fingerprint density at radius 3 is 2.73 bits per heavy atom. The van der Waals surface area contributed by atoms with Gasteiger partial charge in [0.15, 0.2) is 0 Å². The fourth-order valence-corrected chi connectivity index (χ4v) is 7.16. The van der Waals surface area contributed by atoms with Gasteiger partial charge in [-0.1, -0.05) is 30.4 Å². The SMILES string of the molecule is CNS(=O)(=O)C1=CC2=C(C3C=NC(C4CC4)=CC13)[C@@H](Nc1cncc(OC)c1)C[C@@H]2NC(=O)OC[C@H]1C=CC=CC1. The topological polar surface area (TPSA) is 131 Å². The van der Waals surface area contributed by atoms with E-state index >= 15 is 0 Å². The Labute approximate surface area is 240 Å². The summed E-state index contributed by atoms with van der Waals surface area (Å²) in [5.41, 5.74) is 3.49. The van der Waals surface area contributed by atoms with Crippen LogP contribution < -0.4 is 20.1 Å². The zero-order valence-corrected chi connectivity index (χ0v) is 23.9. The monoisotopic (exact) mass is 577 g/mol. The van der Waals surface area contributed by atoms with Crippen LogP contribution in [0.5, 0.6) is 5.75 Å². The van der Waals surface area contributed by atoms with E-state index < -0.39 is 22.2 Å². The van der Waals surface area contributed by atoms with Crippen molar-refractivity contribution >= 4 is 28.0 Å². The zero-order chi connectivity index (χ0) is 28.6. The Balaban J connectivity index is 1.33. The Morgan fingerprint density at radius 1 is 1.15 bits per heavy atom. The molecule has 0 aromatic carbocycles. The molecule has 5 aliphatic rings. The number of aromatic nitrogens is 1. The highest BCUT2D eigenvalue weighted by atomic mass is 32.2. The van der Waals surface area contributed by atoms with Crippen LogP contribution in [0.3, 0.4) is 0 Å². The van der Waals surface area contributed by atoms with Crippen molar-refractivity contribution in [2.45, 2.75) is 37.8 Å². The minimum Gasteiger partial charge on any atom is -0.495 e. The number of sulfonamides is 1. The summed E-state index contributed by atoms with van der Waals surface area (Å²) in [6.07, 6.45) is 19.9. The third-order valence-corrected chi connectivity index (χ3v) is 9.86. The van der Waals surface area contributed by atoms with E-state index in [1.807, 2.05) is 42.7 Å². The number of amides is 1. The Hall–Kier alpha value is -3.70. The number of carbonyl (C=O) groups excluding carboxylic acids is 1. The lowest BCUT2D eigenvalue weighted by molar-refractivity contribution is 0.132. The van der Waals surface area contributed by atoms with E-state index in [-0.39, 0.29) is 35.3 Å². The maximum atomic E-state index is 13.3. The molecule has 1 amide bonds. The molecular formula is C30H35N5O5S. The molecule has 1 fully saturated rings. The first-order valence-electron chi connectivity index (χ1n) is 14.0. The van der Waals surface area contributed by atoms with Gasteiger partial charge < -0.3 is 20.1 Å².